The summed E-state index contributed by atoms with van der Waals surface area (Å²) in [5.74, 6) is 0. The van der Waals surface area contributed by atoms with Crippen LogP contribution in [-0.4, -0.2) is 0 Å². The Morgan fingerprint density at radius 1 is 1.25 bits per heavy atom. The van der Waals surface area contributed by atoms with Crippen molar-refractivity contribution in [1.29, 1.82) is 0 Å². The highest BCUT2D eigenvalue weighted by Crippen LogP contribution is 2.25. The maximum absolute atomic E-state index is 10.2. The first kappa shape index (κ1) is 8.91. The molecule has 0 unspecified atom stereocenters. The highest BCUT2D eigenvalue weighted by molar-refractivity contribution is 5.41. The largest absolute Gasteiger partial charge is 0.145 e. The first-order chi connectivity index (χ1) is 5.54. The third-order valence-corrected chi connectivity index (χ3v) is 1.82. The zero-order valence-electron chi connectivity index (χ0n) is 7.66. The van der Waals surface area contributed by atoms with E-state index < -0.39 is 0 Å². The number of nitroso groups, excluding NO2 is 1. The standard InChI is InChI=1S/C10H13NO/c1-10(2,3)8-5-4-6-9(7-8)11-12/h4-7H,1-3H3. The summed E-state index contributed by atoms with van der Waals surface area (Å²) < 4.78 is 0. The zero-order valence-corrected chi connectivity index (χ0v) is 7.66. The fraction of sp³-hybridized carbons (Fsp3) is 0.400. The van der Waals surface area contributed by atoms with Gasteiger partial charge < -0.3 is 0 Å². The third-order valence-electron chi connectivity index (χ3n) is 1.82. The molecule has 0 fully saturated rings. The predicted octanol–water partition coefficient (Wildman–Crippen LogP) is 3.38. The molecule has 1 aromatic carbocycles. The molecule has 0 aliphatic rings. The lowest BCUT2D eigenvalue weighted by molar-refractivity contribution is 0.590. The van der Waals surface area contributed by atoms with Gasteiger partial charge in [-0.1, -0.05) is 32.9 Å². The summed E-state index contributed by atoms with van der Waals surface area (Å²) >= 11 is 0. The van der Waals surface area contributed by atoms with E-state index in [1.165, 1.54) is 0 Å². The van der Waals surface area contributed by atoms with Crippen LogP contribution in [0, 0.1) is 4.91 Å². The predicted molar refractivity (Wildman–Crippen MR) is 50.6 cm³/mol. The fourth-order valence-electron chi connectivity index (χ4n) is 1.03. The van der Waals surface area contributed by atoms with Gasteiger partial charge in [0.1, 0.15) is 5.69 Å². The zero-order chi connectivity index (χ0) is 9.19. The Kier molecular flexibility index (Phi) is 2.27. The van der Waals surface area contributed by atoms with Crippen LogP contribution in [0.4, 0.5) is 5.69 Å². The first-order valence-corrected chi connectivity index (χ1v) is 3.98. The molecule has 1 rings (SSSR count). The van der Waals surface area contributed by atoms with Gasteiger partial charge in [0.05, 0.1) is 0 Å². The molecule has 0 radical (unpaired) electrons. The van der Waals surface area contributed by atoms with Crippen molar-refractivity contribution < 1.29 is 0 Å². The quantitative estimate of drug-likeness (QED) is 0.583. The second-order valence-electron chi connectivity index (χ2n) is 3.89. The molecule has 2 nitrogen and oxygen atoms in total. The highest BCUT2D eigenvalue weighted by Gasteiger charge is 2.13. The Labute approximate surface area is 72.6 Å². The van der Waals surface area contributed by atoms with Gasteiger partial charge in [-0.3, -0.25) is 0 Å². The monoisotopic (exact) mass is 163 g/mol. The molecule has 64 valence electrons. The third kappa shape index (κ3) is 1.91. The molecule has 0 N–H and O–H groups in total. The lowest BCUT2D eigenvalue weighted by Gasteiger charge is -2.18. The maximum atomic E-state index is 10.2. The van der Waals surface area contributed by atoms with E-state index in [1.54, 1.807) is 6.07 Å². The lowest BCUT2D eigenvalue weighted by atomic mass is 9.87. The minimum absolute atomic E-state index is 0.0840. The van der Waals surface area contributed by atoms with Crippen molar-refractivity contribution in [3.8, 4) is 0 Å². The topological polar surface area (TPSA) is 29.4 Å². The molecule has 1 aromatic rings. The molecule has 0 spiro atoms. The highest BCUT2D eigenvalue weighted by atomic mass is 16.3. The van der Waals surface area contributed by atoms with Gasteiger partial charge in [0.15, 0.2) is 0 Å². The molecule has 0 heterocycles. The minimum Gasteiger partial charge on any atom is -0.145 e. The molecule has 0 amide bonds. The summed E-state index contributed by atoms with van der Waals surface area (Å²) in [6, 6.07) is 7.40. The average Bonchev–Trinajstić information content (AvgIpc) is 2.03. The number of hydrogen-bond acceptors (Lipinski definition) is 2. The summed E-state index contributed by atoms with van der Waals surface area (Å²) in [4.78, 5) is 10.2. The Bertz CT molecular complexity index is 286. The number of benzene rings is 1. The first-order valence-electron chi connectivity index (χ1n) is 3.98. The number of nitrogens with zero attached hydrogens (tertiary/aromatic N) is 1. The van der Waals surface area contributed by atoms with Crippen molar-refractivity contribution in [2.75, 3.05) is 0 Å². The van der Waals surface area contributed by atoms with Crippen molar-refractivity contribution in [2.45, 2.75) is 26.2 Å². The smallest absolute Gasteiger partial charge is 0.108 e. The summed E-state index contributed by atoms with van der Waals surface area (Å²) in [6.07, 6.45) is 0. The molecule has 2 heteroatoms. The Balaban J connectivity index is 3.10. The van der Waals surface area contributed by atoms with Gasteiger partial charge in [0, 0.05) is 0 Å². The van der Waals surface area contributed by atoms with Crippen LogP contribution in [0.5, 0.6) is 0 Å². The van der Waals surface area contributed by atoms with Crippen LogP contribution in [0.2, 0.25) is 0 Å². The van der Waals surface area contributed by atoms with Crippen LogP contribution in [0.25, 0.3) is 0 Å². The molecule has 0 aliphatic carbocycles. The molecule has 0 aliphatic heterocycles. The molecule has 12 heavy (non-hydrogen) atoms. The van der Waals surface area contributed by atoms with E-state index in [9.17, 15) is 4.91 Å². The lowest BCUT2D eigenvalue weighted by Crippen LogP contribution is -2.10. The van der Waals surface area contributed by atoms with Gasteiger partial charge in [-0.15, -0.1) is 4.91 Å². The molecule has 0 saturated heterocycles. The van der Waals surface area contributed by atoms with Gasteiger partial charge >= 0.3 is 0 Å². The van der Waals surface area contributed by atoms with E-state index in [2.05, 4.69) is 25.9 Å². The van der Waals surface area contributed by atoms with Crippen molar-refractivity contribution in [3.63, 3.8) is 0 Å². The van der Waals surface area contributed by atoms with Gasteiger partial charge in [0.25, 0.3) is 0 Å². The van der Waals surface area contributed by atoms with E-state index in [0.29, 0.717) is 5.69 Å². The fourth-order valence-corrected chi connectivity index (χ4v) is 1.03. The molecule has 0 aromatic heterocycles. The van der Waals surface area contributed by atoms with Crippen molar-refractivity contribution in [2.24, 2.45) is 5.18 Å². The Morgan fingerprint density at radius 2 is 1.92 bits per heavy atom. The van der Waals surface area contributed by atoms with E-state index in [1.807, 2.05) is 18.2 Å². The van der Waals surface area contributed by atoms with E-state index in [-0.39, 0.29) is 5.41 Å². The van der Waals surface area contributed by atoms with Crippen LogP contribution >= 0.6 is 0 Å². The molecule has 0 saturated carbocycles. The molecule has 0 bridgehead atoms. The summed E-state index contributed by atoms with van der Waals surface area (Å²) in [5, 5.41) is 2.89. The molecular formula is C10H13NO. The van der Waals surface area contributed by atoms with E-state index in [4.69, 9.17) is 0 Å². The summed E-state index contributed by atoms with van der Waals surface area (Å²) in [7, 11) is 0. The SMILES string of the molecule is CC(C)(C)c1cccc(N=O)c1. The van der Waals surface area contributed by atoms with Crippen LogP contribution in [0.15, 0.2) is 29.4 Å². The Hall–Kier alpha value is -1.18. The van der Waals surface area contributed by atoms with Crippen LogP contribution in [0.3, 0.4) is 0 Å². The van der Waals surface area contributed by atoms with Gasteiger partial charge in [-0.05, 0) is 28.3 Å². The maximum Gasteiger partial charge on any atom is 0.108 e. The van der Waals surface area contributed by atoms with Crippen LogP contribution in [0.1, 0.15) is 26.3 Å². The van der Waals surface area contributed by atoms with Gasteiger partial charge in [-0.25, -0.2) is 0 Å². The number of rotatable bonds is 1. The van der Waals surface area contributed by atoms with Crippen LogP contribution < -0.4 is 0 Å². The molecule has 0 atom stereocenters. The minimum atomic E-state index is 0.0840. The van der Waals surface area contributed by atoms with Crippen molar-refractivity contribution in [3.05, 3.63) is 34.7 Å². The van der Waals surface area contributed by atoms with E-state index in [0.717, 1.165) is 5.56 Å². The van der Waals surface area contributed by atoms with E-state index >= 15 is 0 Å². The number of hydrogen-bond donors (Lipinski definition) is 0. The summed E-state index contributed by atoms with van der Waals surface area (Å²) in [6.45, 7) is 6.32. The van der Waals surface area contributed by atoms with Crippen molar-refractivity contribution in [1.82, 2.24) is 0 Å². The summed E-state index contributed by atoms with van der Waals surface area (Å²) in [5.41, 5.74) is 1.72. The van der Waals surface area contributed by atoms with Crippen LogP contribution in [-0.2, 0) is 5.41 Å². The van der Waals surface area contributed by atoms with Crippen molar-refractivity contribution >= 4 is 5.69 Å². The van der Waals surface area contributed by atoms with Gasteiger partial charge in [0.2, 0.25) is 0 Å². The second-order valence-corrected chi connectivity index (χ2v) is 3.89. The normalized spacial score (nSPS) is 11.2. The average molecular weight is 163 g/mol. The Morgan fingerprint density at radius 3 is 2.42 bits per heavy atom. The molecular weight excluding hydrogens is 150 g/mol. The van der Waals surface area contributed by atoms with Gasteiger partial charge in [-0.2, -0.15) is 0 Å². The second kappa shape index (κ2) is 3.05.